The molecule has 18 heavy (non-hydrogen) atoms. The molecule has 0 spiro atoms. The van der Waals surface area contributed by atoms with Crippen LogP contribution in [-0.4, -0.2) is 72.9 Å². The van der Waals surface area contributed by atoms with Gasteiger partial charge in [0.15, 0.2) is 0 Å². The average molecular weight is 255 g/mol. The van der Waals surface area contributed by atoms with Crippen molar-refractivity contribution in [1.82, 2.24) is 15.1 Å². The first kappa shape index (κ1) is 14.3. The van der Waals surface area contributed by atoms with Crippen molar-refractivity contribution >= 4 is 0 Å². The zero-order chi connectivity index (χ0) is 13.2. The van der Waals surface area contributed by atoms with E-state index in [1.807, 2.05) is 0 Å². The first-order valence-corrected chi connectivity index (χ1v) is 7.30. The van der Waals surface area contributed by atoms with Crippen LogP contribution in [0, 0.1) is 0 Å². The summed E-state index contributed by atoms with van der Waals surface area (Å²) in [5, 5.41) is 13.2. The molecule has 0 bridgehead atoms. The van der Waals surface area contributed by atoms with Gasteiger partial charge in [-0.25, -0.2) is 0 Å². The van der Waals surface area contributed by atoms with Gasteiger partial charge in [0, 0.05) is 18.6 Å². The summed E-state index contributed by atoms with van der Waals surface area (Å²) in [5.41, 5.74) is -0.119. The average Bonchev–Trinajstić information content (AvgIpc) is 3.13. The number of hydrogen-bond acceptors (Lipinski definition) is 4. The van der Waals surface area contributed by atoms with Crippen molar-refractivity contribution in [3.05, 3.63) is 0 Å². The van der Waals surface area contributed by atoms with Crippen LogP contribution in [0.15, 0.2) is 0 Å². The minimum absolute atomic E-state index is 0.119. The third kappa shape index (κ3) is 3.92. The normalized spacial score (nSPS) is 26.5. The quantitative estimate of drug-likeness (QED) is 0.726. The fourth-order valence-electron chi connectivity index (χ4n) is 2.95. The standard InChI is InChI=1S/C14H29N3O/c1-14(11-18,15-12-4-5-12)10-17-8-6-13(7-9-17)16(2)3/h12-13,15,18H,4-11H2,1-3H3. The van der Waals surface area contributed by atoms with Gasteiger partial charge in [0.2, 0.25) is 0 Å². The Morgan fingerprint density at radius 1 is 1.22 bits per heavy atom. The van der Waals surface area contributed by atoms with E-state index in [0.717, 1.165) is 25.7 Å². The number of rotatable bonds is 6. The zero-order valence-electron chi connectivity index (χ0n) is 12.2. The molecule has 0 aromatic carbocycles. The smallest absolute Gasteiger partial charge is 0.0623 e. The van der Waals surface area contributed by atoms with E-state index in [0.29, 0.717) is 6.04 Å². The van der Waals surface area contributed by atoms with Gasteiger partial charge in [-0.15, -0.1) is 0 Å². The second kappa shape index (κ2) is 5.87. The molecule has 2 aliphatic rings. The maximum Gasteiger partial charge on any atom is 0.0623 e. The first-order valence-electron chi connectivity index (χ1n) is 7.30. The van der Waals surface area contributed by atoms with Crippen LogP contribution in [0.25, 0.3) is 0 Å². The number of nitrogens with zero attached hydrogens (tertiary/aromatic N) is 2. The second-order valence-electron chi connectivity index (χ2n) is 6.61. The van der Waals surface area contributed by atoms with Gasteiger partial charge in [0.05, 0.1) is 12.1 Å². The van der Waals surface area contributed by atoms with Gasteiger partial charge < -0.3 is 20.2 Å². The van der Waals surface area contributed by atoms with E-state index < -0.39 is 0 Å². The second-order valence-corrected chi connectivity index (χ2v) is 6.61. The highest BCUT2D eigenvalue weighted by atomic mass is 16.3. The van der Waals surface area contributed by atoms with Gasteiger partial charge in [-0.3, -0.25) is 0 Å². The summed E-state index contributed by atoms with van der Waals surface area (Å²) < 4.78 is 0. The minimum atomic E-state index is -0.119. The molecule has 4 nitrogen and oxygen atoms in total. The van der Waals surface area contributed by atoms with E-state index in [-0.39, 0.29) is 12.1 Å². The van der Waals surface area contributed by atoms with Crippen molar-refractivity contribution in [1.29, 1.82) is 0 Å². The molecule has 0 amide bonds. The fourth-order valence-corrected chi connectivity index (χ4v) is 2.95. The monoisotopic (exact) mass is 255 g/mol. The summed E-state index contributed by atoms with van der Waals surface area (Å²) >= 11 is 0. The van der Waals surface area contributed by atoms with Crippen LogP contribution in [0.1, 0.15) is 32.6 Å². The highest BCUT2D eigenvalue weighted by molar-refractivity contribution is 4.95. The van der Waals surface area contributed by atoms with Crippen LogP contribution in [0.4, 0.5) is 0 Å². The third-order valence-electron chi connectivity index (χ3n) is 4.34. The maximum atomic E-state index is 9.64. The highest BCUT2D eigenvalue weighted by Gasteiger charge is 2.34. The van der Waals surface area contributed by atoms with Gasteiger partial charge in [-0.1, -0.05) is 0 Å². The fraction of sp³-hybridized carbons (Fsp3) is 1.00. The largest absolute Gasteiger partial charge is 0.394 e. The minimum Gasteiger partial charge on any atom is -0.394 e. The molecule has 106 valence electrons. The summed E-state index contributed by atoms with van der Waals surface area (Å²) in [6.45, 7) is 5.68. The predicted octanol–water partition coefficient (Wildman–Crippen LogP) is 0.515. The molecule has 1 aliphatic heterocycles. The molecule has 2 rings (SSSR count). The lowest BCUT2D eigenvalue weighted by Gasteiger charge is -2.40. The van der Waals surface area contributed by atoms with Gasteiger partial charge in [-0.05, 0) is 59.8 Å². The molecule has 4 heteroatoms. The molecule has 1 saturated carbocycles. The Hall–Kier alpha value is -0.160. The Labute approximate surface area is 111 Å². The van der Waals surface area contributed by atoms with Crippen LogP contribution >= 0.6 is 0 Å². The van der Waals surface area contributed by atoms with Crippen molar-refractivity contribution in [2.24, 2.45) is 0 Å². The van der Waals surface area contributed by atoms with E-state index in [2.05, 4.69) is 36.1 Å². The van der Waals surface area contributed by atoms with E-state index in [4.69, 9.17) is 0 Å². The van der Waals surface area contributed by atoms with Crippen LogP contribution in [0.3, 0.4) is 0 Å². The van der Waals surface area contributed by atoms with Gasteiger partial charge in [-0.2, -0.15) is 0 Å². The highest BCUT2D eigenvalue weighted by Crippen LogP contribution is 2.24. The summed E-state index contributed by atoms with van der Waals surface area (Å²) in [6, 6.07) is 1.39. The van der Waals surface area contributed by atoms with Gasteiger partial charge in [0.25, 0.3) is 0 Å². The van der Waals surface area contributed by atoms with Crippen LogP contribution in [0.5, 0.6) is 0 Å². The van der Waals surface area contributed by atoms with E-state index in [1.165, 1.54) is 25.7 Å². The molecule has 1 heterocycles. The summed E-state index contributed by atoms with van der Waals surface area (Å²) in [6.07, 6.45) is 5.05. The Bertz CT molecular complexity index is 260. The maximum absolute atomic E-state index is 9.64. The Morgan fingerprint density at radius 2 is 1.83 bits per heavy atom. The number of hydrogen-bond donors (Lipinski definition) is 2. The van der Waals surface area contributed by atoms with E-state index in [9.17, 15) is 5.11 Å². The topological polar surface area (TPSA) is 38.7 Å². The number of nitrogens with one attached hydrogen (secondary N) is 1. The van der Waals surface area contributed by atoms with Crippen molar-refractivity contribution < 1.29 is 5.11 Å². The molecular weight excluding hydrogens is 226 g/mol. The van der Waals surface area contributed by atoms with E-state index >= 15 is 0 Å². The molecular formula is C14H29N3O. The Kier molecular flexibility index (Phi) is 4.64. The summed E-state index contributed by atoms with van der Waals surface area (Å²) in [5.74, 6) is 0. The van der Waals surface area contributed by atoms with Crippen LogP contribution in [-0.2, 0) is 0 Å². The van der Waals surface area contributed by atoms with Crippen molar-refractivity contribution in [3.63, 3.8) is 0 Å². The Balaban J connectivity index is 1.78. The molecule has 1 aliphatic carbocycles. The molecule has 2 N–H and O–H groups in total. The number of likely N-dealkylation sites (tertiary alicyclic amines) is 1. The molecule has 1 saturated heterocycles. The number of aliphatic hydroxyl groups is 1. The zero-order valence-corrected chi connectivity index (χ0v) is 12.2. The van der Waals surface area contributed by atoms with Crippen molar-refractivity contribution in [2.75, 3.05) is 40.3 Å². The lowest BCUT2D eigenvalue weighted by atomic mass is 9.98. The molecule has 0 aromatic rings. The van der Waals surface area contributed by atoms with Gasteiger partial charge in [0.1, 0.15) is 0 Å². The lowest BCUT2D eigenvalue weighted by Crippen LogP contribution is -2.56. The lowest BCUT2D eigenvalue weighted by molar-refractivity contribution is 0.0851. The third-order valence-corrected chi connectivity index (χ3v) is 4.34. The Morgan fingerprint density at radius 3 is 2.28 bits per heavy atom. The van der Waals surface area contributed by atoms with Crippen LogP contribution in [0.2, 0.25) is 0 Å². The molecule has 0 aromatic heterocycles. The SMILES string of the molecule is CN(C)C1CCN(CC(C)(CO)NC2CC2)CC1. The summed E-state index contributed by atoms with van der Waals surface area (Å²) in [4.78, 5) is 4.84. The van der Waals surface area contributed by atoms with Crippen LogP contribution < -0.4 is 5.32 Å². The molecule has 2 fully saturated rings. The molecule has 1 unspecified atom stereocenters. The molecule has 0 radical (unpaired) electrons. The van der Waals surface area contributed by atoms with Crippen molar-refractivity contribution in [3.8, 4) is 0 Å². The van der Waals surface area contributed by atoms with E-state index in [1.54, 1.807) is 0 Å². The number of aliphatic hydroxyl groups excluding tert-OH is 1. The number of piperidine rings is 1. The first-order chi connectivity index (χ1) is 8.52. The summed E-state index contributed by atoms with van der Waals surface area (Å²) in [7, 11) is 4.35. The molecule has 1 atom stereocenters. The van der Waals surface area contributed by atoms with Crippen molar-refractivity contribution in [2.45, 2.75) is 50.2 Å². The predicted molar refractivity (Wildman–Crippen MR) is 74.8 cm³/mol. The van der Waals surface area contributed by atoms with Gasteiger partial charge >= 0.3 is 0 Å².